The molecule has 3 heterocycles. The molecule has 128 valence electrons. The van der Waals surface area contributed by atoms with E-state index in [1.165, 1.54) is 0 Å². The van der Waals surface area contributed by atoms with Crippen molar-refractivity contribution in [3.8, 4) is 5.82 Å². The molecule has 0 saturated heterocycles. The summed E-state index contributed by atoms with van der Waals surface area (Å²) in [5.41, 5.74) is 1.97. The highest BCUT2D eigenvalue weighted by Crippen LogP contribution is 2.24. The second-order valence-electron chi connectivity index (χ2n) is 6.20. The summed E-state index contributed by atoms with van der Waals surface area (Å²) in [5, 5.41) is 6.84. The van der Waals surface area contributed by atoms with Gasteiger partial charge in [0.25, 0.3) is 5.91 Å². The zero-order valence-electron chi connectivity index (χ0n) is 14.0. The lowest BCUT2D eigenvalue weighted by Gasteiger charge is -2.07. The number of carbonyl (C=O) groups excluding carboxylic acids is 1. The molecule has 0 spiro atoms. The van der Waals surface area contributed by atoms with Crippen molar-refractivity contribution in [1.82, 2.24) is 19.7 Å². The molecule has 0 aliphatic heterocycles. The Balaban J connectivity index is 1.52. The Morgan fingerprint density at radius 2 is 2.08 bits per heavy atom. The fraction of sp³-hybridized carbons (Fsp3) is 0.333. The molecule has 0 aromatic carbocycles. The lowest BCUT2D eigenvalue weighted by molar-refractivity contribution is 0.101. The lowest BCUT2D eigenvalue weighted by atomic mass is 10.1. The summed E-state index contributed by atoms with van der Waals surface area (Å²) in [6, 6.07) is 3.66. The van der Waals surface area contributed by atoms with Crippen LogP contribution in [0.1, 0.15) is 46.9 Å². The van der Waals surface area contributed by atoms with Crippen LogP contribution in [0, 0.1) is 6.92 Å². The fourth-order valence-corrected chi connectivity index (χ4v) is 3.15. The predicted molar refractivity (Wildman–Crippen MR) is 91.8 cm³/mol. The molecule has 1 amide bonds. The number of aryl methyl sites for hydroxylation is 2. The maximum atomic E-state index is 12.6. The van der Waals surface area contributed by atoms with Crippen LogP contribution in [0.4, 0.5) is 5.69 Å². The second kappa shape index (κ2) is 6.51. The van der Waals surface area contributed by atoms with Gasteiger partial charge in [0.15, 0.2) is 5.69 Å². The number of hydrogen-bond acceptors (Lipinski definition) is 5. The minimum atomic E-state index is -0.250. The number of aromatic nitrogens is 4. The van der Waals surface area contributed by atoms with Crippen molar-refractivity contribution < 1.29 is 9.32 Å². The van der Waals surface area contributed by atoms with Gasteiger partial charge in [-0.25, -0.2) is 9.97 Å². The standard InChI is InChI=1S/C18H19N5O2/c1-12-19-9-10-23(12)16-8-7-13(11-20-16)21-18(24)17-14-5-3-2-4-6-15(14)25-22-17/h7-11H,2-6H2,1H3,(H,21,24). The van der Waals surface area contributed by atoms with E-state index < -0.39 is 0 Å². The number of amides is 1. The number of nitrogens with one attached hydrogen (secondary N) is 1. The van der Waals surface area contributed by atoms with Crippen molar-refractivity contribution in [1.29, 1.82) is 0 Å². The first-order chi connectivity index (χ1) is 12.2. The molecule has 0 fully saturated rings. The fourth-order valence-electron chi connectivity index (χ4n) is 3.15. The lowest BCUT2D eigenvalue weighted by Crippen LogP contribution is -2.15. The summed E-state index contributed by atoms with van der Waals surface area (Å²) in [7, 11) is 0. The number of imidazole rings is 1. The van der Waals surface area contributed by atoms with Gasteiger partial charge in [-0.2, -0.15) is 0 Å². The molecule has 0 unspecified atom stereocenters. The van der Waals surface area contributed by atoms with Gasteiger partial charge in [0.05, 0.1) is 11.9 Å². The minimum absolute atomic E-state index is 0.250. The molecule has 7 heteroatoms. The Morgan fingerprint density at radius 1 is 1.20 bits per heavy atom. The van der Waals surface area contributed by atoms with Crippen molar-refractivity contribution in [3.05, 3.63) is 53.6 Å². The topological polar surface area (TPSA) is 85.8 Å². The van der Waals surface area contributed by atoms with Crippen LogP contribution >= 0.6 is 0 Å². The number of fused-ring (bicyclic) bond motifs is 1. The largest absolute Gasteiger partial charge is 0.360 e. The number of rotatable bonds is 3. The molecular formula is C18H19N5O2. The maximum absolute atomic E-state index is 12.6. The first kappa shape index (κ1) is 15.6. The van der Waals surface area contributed by atoms with E-state index in [4.69, 9.17) is 4.52 Å². The van der Waals surface area contributed by atoms with E-state index in [0.29, 0.717) is 11.4 Å². The number of anilines is 1. The van der Waals surface area contributed by atoms with Gasteiger partial charge in [-0.3, -0.25) is 9.36 Å². The van der Waals surface area contributed by atoms with Gasteiger partial charge in [0, 0.05) is 24.4 Å². The van der Waals surface area contributed by atoms with E-state index in [9.17, 15) is 4.79 Å². The van der Waals surface area contributed by atoms with Crippen molar-refractivity contribution in [2.45, 2.75) is 39.0 Å². The molecule has 25 heavy (non-hydrogen) atoms. The average Bonchev–Trinajstić information content (AvgIpc) is 3.15. The van der Waals surface area contributed by atoms with Crippen LogP contribution in [0.5, 0.6) is 0 Å². The summed E-state index contributed by atoms with van der Waals surface area (Å²) in [4.78, 5) is 21.1. The van der Waals surface area contributed by atoms with E-state index in [2.05, 4.69) is 20.4 Å². The molecule has 1 aliphatic carbocycles. The van der Waals surface area contributed by atoms with Crippen LogP contribution in [-0.2, 0) is 12.8 Å². The first-order valence-electron chi connectivity index (χ1n) is 8.47. The van der Waals surface area contributed by atoms with Gasteiger partial charge in [-0.05, 0) is 38.3 Å². The number of pyridine rings is 1. The normalized spacial score (nSPS) is 14.0. The molecule has 3 aromatic heterocycles. The van der Waals surface area contributed by atoms with Gasteiger partial charge >= 0.3 is 0 Å². The zero-order valence-corrected chi connectivity index (χ0v) is 14.0. The average molecular weight is 337 g/mol. The van der Waals surface area contributed by atoms with E-state index in [-0.39, 0.29) is 5.91 Å². The van der Waals surface area contributed by atoms with Gasteiger partial charge in [-0.15, -0.1) is 0 Å². The Hall–Kier alpha value is -2.96. The Bertz CT molecular complexity index is 895. The molecule has 0 saturated carbocycles. The number of hydrogen-bond donors (Lipinski definition) is 1. The molecule has 0 radical (unpaired) electrons. The van der Waals surface area contributed by atoms with Crippen LogP contribution in [0.25, 0.3) is 5.82 Å². The number of carbonyl (C=O) groups is 1. The maximum Gasteiger partial charge on any atom is 0.278 e. The number of nitrogens with zero attached hydrogens (tertiary/aromatic N) is 4. The van der Waals surface area contributed by atoms with Gasteiger partial charge in [0.1, 0.15) is 17.4 Å². The van der Waals surface area contributed by atoms with E-state index >= 15 is 0 Å². The van der Waals surface area contributed by atoms with Crippen LogP contribution in [0.3, 0.4) is 0 Å². The molecule has 7 nitrogen and oxygen atoms in total. The van der Waals surface area contributed by atoms with Crippen LogP contribution in [-0.4, -0.2) is 25.6 Å². The molecule has 1 aliphatic rings. The van der Waals surface area contributed by atoms with Crippen LogP contribution in [0.15, 0.2) is 35.2 Å². The SMILES string of the molecule is Cc1nccn1-c1ccc(NC(=O)c2noc3c2CCCCC3)cn1. The quantitative estimate of drug-likeness (QED) is 0.742. The molecule has 0 atom stereocenters. The highest BCUT2D eigenvalue weighted by molar-refractivity contribution is 6.03. The smallest absolute Gasteiger partial charge is 0.278 e. The van der Waals surface area contributed by atoms with Gasteiger partial charge < -0.3 is 9.84 Å². The van der Waals surface area contributed by atoms with Gasteiger partial charge in [-0.1, -0.05) is 11.6 Å². The summed E-state index contributed by atoms with van der Waals surface area (Å²) in [6.07, 6.45) is 10.2. The third kappa shape index (κ3) is 3.05. The molecular weight excluding hydrogens is 318 g/mol. The van der Waals surface area contributed by atoms with E-state index in [1.807, 2.05) is 29.8 Å². The van der Waals surface area contributed by atoms with Crippen molar-refractivity contribution >= 4 is 11.6 Å². The van der Waals surface area contributed by atoms with Crippen LogP contribution < -0.4 is 5.32 Å². The summed E-state index contributed by atoms with van der Waals surface area (Å²) in [5.74, 6) is 2.21. The Labute approximate surface area is 145 Å². The minimum Gasteiger partial charge on any atom is -0.360 e. The molecule has 1 N–H and O–H groups in total. The third-order valence-electron chi connectivity index (χ3n) is 4.49. The summed E-state index contributed by atoms with van der Waals surface area (Å²) >= 11 is 0. The summed E-state index contributed by atoms with van der Waals surface area (Å²) in [6.45, 7) is 1.91. The van der Waals surface area contributed by atoms with Crippen molar-refractivity contribution in [2.75, 3.05) is 5.32 Å². The highest BCUT2D eigenvalue weighted by Gasteiger charge is 2.23. The van der Waals surface area contributed by atoms with Crippen molar-refractivity contribution in [3.63, 3.8) is 0 Å². The highest BCUT2D eigenvalue weighted by atomic mass is 16.5. The monoisotopic (exact) mass is 337 g/mol. The third-order valence-corrected chi connectivity index (χ3v) is 4.49. The molecule has 0 bridgehead atoms. The second-order valence-corrected chi connectivity index (χ2v) is 6.20. The first-order valence-corrected chi connectivity index (χ1v) is 8.47. The van der Waals surface area contributed by atoms with E-state index in [0.717, 1.165) is 55.1 Å². The Morgan fingerprint density at radius 3 is 2.84 bits per heavy atom. The van der Waals surface area contributed by atoms with E-state index in [1.54, 1.807) is 12.4 Å². The molecule has 3 aromatic rings. The van der Waals surface area contributed by atoms with Crippen molar-refractivity contribution in [2.24, 2.45) is 0 Å². The Kier molecular flexibility index (Phi) is 4.05. The van der Waals surface area contributed by atoms with Gasteiger partial charge in [0.2, 0.25) is 0 Å². The molecule has 4 rings (SSSR count). The predicted octanol–water partition coefficient (Wildman–Crippen LogP) is 3.08. The summed E-state index contributed by atoms with van der Waals surface area (Å²) < 4.78 is 7.25. The van der Waals surface area contributed by atoms with Crippen LogP contribution in [0.2, 0.25) is 0 Å². The zero-order chi connectivity index (χ0) is 17.2.